The third kappa shape index (κ3) is 2.64. The summed E-state index contributed by atoms with van der Waals surface area (Å²) in [5.74, 6) is -0.829. The molecule has 2 rings (SSSR count). The summed E-state index contributed by atoms with van der Waals surface area (Å²) in [7, 11) is 1.19. The van der Waals surface area contributed by atoms with Gasteiger partial charge < -0.3 is 4.74 Å². The first-order valence-corrected chi connectivity index (χ1v) is 6.89. The average Bonchev–Trinajstić information content (AvgIpc) is 2.81. The number of nitrogens with zero attached hydrogens (tertiary/aromatic N) is 2. The zero-order chi connectivity index (χ0) is 14.7. The number of nitriles is 1. The molecule has 0 aliphatic carbocycles. The van der Waals surface area contributed by atoms with Crippen LogP contribution in [-0.2, 0) is 14.3 Å². The molecular formula is C13H9ClN2O3S. The molecule has 0 atom stereocenters. The van der Waals surface area contributed by atoms with Gasteiger partial charge in [0.15, 0.2) is 5.57 Å². The number of benzene rings is 1. The van der Waals surface area contributed by atoms with Crippen LogP contribution in [-0.4, -0.2) is 24.7 Å². The van der Waals surface area contributed by atoms with Gasteiger partial charge in [-0.05, 0) is 18.2 Å². The first kappa shape index (κ1) is 14.4. The molecule has 0 spiro atoms. The number of hydrogen-bond donors (Lipinski definition) is 0. The predicted octanol–water partition coefficient (Wildman–Crippen LogP) is 2.33. The number of carbonyl (C=O) groups excluding carboxylic acids is 2. The van der Waals surface area contributed by atoms with E-state index in [1.54, 1.807) is 30.3 Å². The Labute approximate surface area is 124 Å². The van der Waals surface area contributed by atoms with E-state index >= 15 is 0 Å². The molecule has 1 heterocycles. The maximum atomic E-state index is 12.0. The molecule has 0 N–H and O–H groups in total. The number of amides is 1. The highest BCUT2D eigenvalue weighted by Crippen LogP contribution is 2.36. The molecule has 0 radical (unpaired) electrons. The van der Waals surface area contributed by atoms with E-state index in [4.69, 9.17) is 16.9 Å². The second-order valence-electron chi connectivity index (χ2n) is 3.78. The van der Waals surface area contributed by atoms with Crippen LogP contribution in [0.5, 0.6) is 0 Å². The van der Waals surface area contributed by atoms with Gasteiger partial charge in [-0.3, -0.25) is 9.69 Å². The molecule has 1 amide bonds. The fraction of sp³-hybridized carbons (Fsp3) is 0.154. The van der Waals surface area contributed by atoms with Crippen LogP contribution in [0.1, 0.15) is 0 Å². The van der Waals surface area contributed by atoms with Gasteiger partial charge in [0.25, 0.3) is 0 Å². The summed E-state index contributed by atoms with van der Waals surface area (Å²) >= 11 is 7.03. The quantitative estimate of drug-likeness (QED) is 0.476. The molecule has 7 heteroatoms. The molecule has 102 valence electrons. The second-order valence-corrected chi connectivity index (χ2v) is 5.18. The Morgan fingerprint density at radius 3 is 2.90 bits per heavy atom. The number of halogens is 1. The molecule has 1 aromatic carbocycles. The Hall–Kier alpha value is -1.97. The molecule has 0 bridgehead atoms. The van der Waals surface area contributed by atoms with E-state index in [9.17, 15) is 9.59 Å². The van der Waals surface area contributed by atoms with Crippen molar-refractivity contribution in [3.05, 3.63) is 39.9 Å². The average molecular weight is 309 g/mol. The highest BCUT2D eigenvalue weighted by atomic mass is 35.5. The number of rotatable bonds is 2. The van der Waals surface area contributed by atoms with E-state index in [1.807, 2.05) is 0 Å². The molecule has 0 unspecified atom stereocenters. The van der Waals surface area contributed by atoms with Gasteiger partial charge in [-0.15, -0.1) is 0 Å². The number of hydrogen-bond acceptors (Lipinski definition) is 5. The molecule has 0 aromatic heterocycles. The fourth-order valence-electron chi connectivity index (χ4n) is 1.72. The number of thioether (sulfide) groups is 1. The summed E-state index contributed by atoms with van der Waals surface area (Å²) in [5, 5.41) is 9.84. The van der Waals surface area contributed by atoms with Crippen molar-refractivity contribution in [1.29, 1.82) is 5.26 Å². The highest BCUT2D eigenvalue weighted by molar-refractivity contribution is 8.04. The minimum Gasteiger partial charge on any atom is -0.465 e. The summed E-state index contributed by atoms with van der Waals surface area (Å²) in [4.78, 5) is 24.9. The summed E-state index contributed by atoms with van der Waals surface area (Å²) < 4.78 is 4.56. The smallest absolute Gasteiger partial charge is 0.351 e. The van der Waals surface area contributed by atoms with E-state index in [-0.39, 0.29) is 22.3 Å². The molecule has 0 saturated carbocycles. The van der Waals surface area contributed by atoms with Crippen molar-refractivity contribution >= 4 is 40.9 Å². The lowest BCUT2D eigenvalue weighted by Crippen LogP contribution is -2.25. The Kier molecular flexibility index (Phi) is 4.32. The number of carbonyl (C=O) groups is 2. The SMILES string of the molecule is COC(=O)C(C#N)=C1SCC(=O)N1c1cccc(Cl)c1. The monoisotopic (exact) mass is 308 g/mol. The minimum absolute atomic E-state index is 0.157. The molecule has 1 saturated heterocycles. The molecule has 5 nitrogen and oxygen atoms in total. The van der Waals surface area contributed by atoms with Crippen molar-refractivity contribution in [2.24, 2.45) is 0 Å². The third-order valence-corrected chi connectivity index (χ3v) is 3.85. The topological polar surface area (TPSA) is 70.4 Å². The first-order valence-electron chi connectivity index (χ1n) is 5.52. The van der Waals surface area contributed by atoms with Gasteiger partial charge in [0.1, 0.15) is 11.1 Å². The van der Waals surface area contributed by atoms with E-state index in [1.165, 1.54) is 12.0 Å². The lowest BCUT2D eigenvalue weighted by atomic mass is 10.2. The Morgan fingerprint density at radius 2 is 2.30 bits per heavy atom. The van der Waals surface area contributed by atoms with Gasteiger partial charge in [-0.1, -0.05) is 29.4 Å². The third-order valence-electron chi connectivity index (χ3n) is 2.57. The van der Waals surface area contributed by atoms with Crippen LogP contribution in [0.15, 0.2) is 34.9 Å². The largest absolute Gasteiger partial charge is 0.465 e. The van der Waals surface area contributed by atoms with Crippen LogP contribution < -0.4 is 4.90 Å². The molecule has 20 heavy (non-hydrogen) atoms. The molecule has 1 aromatic rings. The minimum atomic E-state index is -0.767. The predicted molar refractivity (Wildman–Crippen MR) is 76.1 cm³/mol. The van der Waals surface area contributed by atoms with Crippen LogP contribution in [0, 0.1) is 11.3 Å². The van der Waals surface area contributed by atoms with Gasteiger partial charge >= 0.3 is 5.97 Å². The molecule has 1 fully saturated rings. The number of anilines is 1. The lowest BCUT2D eigenvalue weighted by Gasteiger charge is -2.18. The van der Waals surface area contributed by atoms with Crippen molar-refractivity contribution in [2.45, 2.75) is 0 Å². The van der Waals surface area contributed by atoms with Gasteiger partial charge in [0, 0.05) is 5.02 Å². The van der Waals surface area contributed by atoms with Crippen molar-refractivity contribution in [3.63, 3.8) is 0 Å². The van der Waals surface area contributed by atoms with Gasteiger partial charge in [-0.2, -0.15) is 5.26 Å². The van der Waals surface area contributed by atoms with Gasteiger partial charge in [0.2, 0.25) is 5.91 Å². The molecule has 1 aliphatic rings. The van der Waals surface area contributed by atoms with E-state index in [2.05, 4.69) is 4.74 Å². The Bertz CT molecular complexity index is 651. The van der Waals surface area contributed by atoms with E-state index < -0.39 is 5.97 Å². The number of methoxy groups -OCH3 is 1. The van der Waals surface area contributed by atoms with Crippen LogP contribution >= 0.6 is 23.4 Å². The van der Waals surface area contributed by atoms with E-state index in [0.29, 0.717) is 10.7 Å². The maximum Gasteiger partial charge on any atom is 0.351 e. The highest BCUT2D eigenvalue weighted by Gasteiger charge is 2.33. The number of ether oxygens (including phenoxy) is 1. The van der Waals surface area contributed by atoms with Crippen LogP contribution in [0.25, 0.3) is 0 Å². The van der Waals surface area contributed by atoms with Crippen molar-refractivity contribution < 1.29 is 14.3 Å². The van der Waals surface area contributed by atoms with Crippen molar-refractivity contribution in [2.75, 3.05) is 17.8 Å². The standard InChI is InChI=1S/C13H9ClN2O3S/c1-19-13(18)10(6-15)12-16(11(17)7-20-12)9-4-2-3-8(14)5-9/h2-5H,7H2,1H3. The van der Waals surface area contributed by atoms with Crippen molar-refractivity contribution in [3.8, 4) is 6.07 Å². The first-order chi connectivity index (χ1) is 9.58. The summed E-state index contributed by atoms with van der Waals surface area (Å²) in [6.07, 6.45) is 0. The zero-order valence-corrected chi connectivity index (χ0v) is 12.0. The van der Waals surface area contributed by atoms with Crippen molar-refractivity contribution in [1.82, 2.24) is 0 Å². The summed E-state index contributed by atoms with van der Waals surface area (Å²) in [6, 6.07) is 8.43. The summed E-state index contributed by atoms with van der Waals surface area (Å²) in [5.41, 5.74) is 0.322. The summed E-state index contributed by atoms with van der Waals surface area (Å²) in [6.45, 7) is 0. The fourth-order valence-corrected chi connectivity index (χ4v) is 2.90. The van der Waals surface area contributed by atoms with Gasteiger partial charge in [0.05, 0.1) is 18.6 Å². The van der Waals surface area contributed by atoms with Gasteiger partial charge in [-0.25, -0.2) is 4.79 Å². The molecule has 1 aliphatic heterocycles. The Balaban J connectivity index is 2.54. The van der Waals surface area contributed by atoms with E-state index in [0.717, 1.165) is 11.8 Å². The maximum absolute atomic E-state index is 12.0. The Morgan fingerprint density at radius 1 is 1.55 bits per heavy atom. The van der Waals surface area contributed by atoms with Crippen LogP contribution in [0.4, 0.5) is 5.69 Å². The normalized spacial score (nSPS) is 16.9. The zero-order valence-electron chi connectivity index (χ0n) is 10.4. The second kappa shape index (κ2) is 5.99. The van der Waals surface area contributed by atoms with Crippen LogP contribution in [0.2, 0.25) is 5.02 Å². The lowest BCUT2D eigenvalue weighted by molar-refractivity contribution is -0.135. The number of esters is 1. The van der Waals surface area contributed by atoms with Crippen LogP contribution in [0.3, 0.4) is 0 Å². The molecular weight excluding hydrogens is 300 g/mol.